The zero-order valence-corrected chi connectivity index (χ0v) is 10.0. The number of benzene rings is 1. The molecule has 0 aliphatic carbocycles. The van der Waals surface area contributed by atoms with E-state index in [1.807, 2.05) is 24.3 Å². The summed E-state index contributed by atoms with van der Waals surface area (Å²) in [6, 6.07) is 7.71. The van der Waals surface area contributed by atoms with Gasteiger partial charge in [-0.1, -0.05) is 12.1 Å². The Labute approximate surface area is 101 Å². The lowest BCUT2D eigenvalue weighted by molar-refractivity contribution is -0.122. The molecule has 0 aromatic heterocycles. The van der Waals surface area contributed by atoms with E-state index in [-0.39, 0.29) is 11.9 Å². The van der Waals surface area contributed by atoms with Crippen molar-refractivity contribution in [2.24, 2.45) is 0 Å². The number of hydrogen-bond acceptors (Lipinski definition) is 3. The lowest BCUT2D eigenvalue weighted by Crippen LogP contribution is -2.39. The summed E-state index contributed by atoms with van der Waals surface area (Å²) in [6.07, 6.45) is 2.02. The minimum Gasteiger partial charge on any atom is -0.497 e. The van der Waals surface area contributed by atoms with Crippen molar-refractivity contribution >= 4 is 5.91 Å². The molecule has 1 aliphatic rings. The quantitative estimate of drug-likeness (QED) is 0.819. The first-order valence-electron chi connectivity index (χ1n) is 5.93. The lowest BCUT2D eigenvalue weighted by Gasteiger charge is -2.11. The Bertz CT molecular complexity index is 387. The van der Waals surface area contributed by atoms with Crippen LogP contribution in [-0.2, 0) is 11.3 Å². The van der Waals surface area contributed by atoms with Crippen LogP contribution in [0.3, 0.4) is 0 Å². The highest BCUT2D eigenvalue weighted by molar-refractivity contribution is 5.81. The average molecular weight is 234 g/mol. The van der Waals surface area contributed by atoms with Gasteiger partial charge in [0.05, 0.1) is 13.2 Å². The second kappa shape index (κ2) is 5.68. The largest absolute Gasteiger partial charge is 0.497 e. The Hall–Kier alpha value is -1.55. The molecule has 1 aromatic rings. The van der Waals surface area contributed by atoms with Crippen LogP contribution in [-0.4, -0.2) is 25.6 Å². The summed E-state index contributed by atoms with van der Waals surface area (Å²) in [5.74, 6) is 0.904. The van der Waals surface area contributed by atoms with Gasteiger partial charge in [-0.05, 0) is 37.1 Å². The van der Waals surface area contributed by atoms with Gasteiger partial charge in [0.15, 0.2) is 0 Å². The van der Waals surface area contributed by atoms with E-state index in [1.165, 1.54) is 0 Å². The monoisotopic (exact) mass is 234 g/mol. The maximum Gasteiger partial charge on any atom is 0.237 e. The molecule has 92 valence electrons. The van der Waals surface area contributed by atoms with E-state index in [2.05, 4.69) is 10.6 Å². The topological polar surface area (TPSA) is 50.4 Å². The SMILES string of the molecule is COc1cccc(CNC(=O)C2CCCN2)c1. The molecule has 1 fully saturated rings. The van der Waals surface area contributed by atoms with Gasteiger partial charge < -0.3 is 15.4 Å². The number of ether oxygens (including phenoxy) is 1. The Morgan fingerprint density at radius 3 is 3.18 bits per heavy atom. The third-order valence-electron chi connectivity index (χ3n) is 2.98. The molecule has 2 N–H and O–H groups in total. The molecular formula is C13H18N2O2. The van der Waals surface area contributed by atoms with Gasteiger partial charge in [-0.3, -0.25) is 4.79 Å². The van der Waals surface area contributed by atoms with Gasteiger partial charge in [-0.15, -0.1) is 0 Å². The molecule has 1 aliphatic heterocycles. The van der Waals surface area contributed by atoms with E-state index in [9.17, 15) is 4.79 Å². The highest BCUT2D eigenvalue weighted by Gasteiger charge is 2.21. The molecule has 1 saturated heterocycles. The highest BCUT2D eigenvalue weighted by atomic mass is 16.5. The molecule has 0 radical (unpaired) electrons. The van der Waals surface area contributed by atoms with Crippen LogP contribution >= 0.6 is 0 Å². The van der Waals surface area contributed by atoms with Gasteiger partial charge in [-0.25, -0.2) is 0 Å². The van der Waals surface area contributed by atoms with Crippen molar-refractivity contribution in [3.63, 3.8) is 0 Å². The Kier molecular flexibility index (Phi) is 3.98. The third kappa shape index (κ3) is 3.20. The molecule has 1 heterocycles. The summed E-state index contributed by atoms with van der Waals surface area (Å²) in [5.41, 5.74) is 1.05. The predicted molar refractivity (Wildman–Crippen MR) is 65.9 cm³/mol. The summed E-state index contributed by atoms with van der Waals surface area (Å²) < 4.78 is 5.14. The number of carbonyl (C=O) groups excluding carboxylic acids is 1. The lowest BCUT2D eigenvalue weighted by atomic mass is 10.2. The molecule has 4 heteroatoms. The van der Waals surface area contributed by atoms with Crippen molar-refractivity contribution in [3.05, 3.63) is 29.8 Å². The van der Waals surface area contributed by atoms with Crippen LogP contribution in [0.25, 0.3) is 0 Å². The Morgan fingerprint density at radius 2 is 2.47 bits per heavy atom. The molecule has 1 amide bonds. The minimum atomic E-state index is -0.0133. The number of nitrogens with one attached hydrogen (secondary N) is 2. The minimum absolute atomic E-state index is 0.0133. The van der Waals surface area contributed by atoms with Gasteiger partial charge >= 0.3 is 0 Å². The average Bonchev–Trinajstić information content (AvgIpc) is 2.90. The molecule has 1 unspecified atom stereocenters. The second-order valence-corrected chi connectivity index (χ2v) is 4.22. The maximum absolute atomic E-state index is 11.8. The van der Waals surface area contributed by atoms with Gasteiger partial charge in [-0.2, -0.15) is 0 Å². The third-order valence-corrected chi connectivity index (χ3v) is 2.98. The summed E-state index contributed by atoms with van der Waals surface area (Å²) in [6.45, 7) is 1.49. The van der Waals surface area contributed by atoms with Gasteiger partial charge in [0.2, 0.25) is 5.91 Å². The second-order valence-electron chi connectivity index (χ2n) is 4.22. The first-order valence-corrected chi connectivity index (χ1v) is 5.93. The van der Waals surface area contributed by atoms with Crippen molar-refractivity contribution < 1.29 is 9.53 Å². The standard InChI is InChI=1S/C13H18N2O2/c1-17-11-5-2-4-10(8-11)9-15-13(16)12-6-3-7-14-12/h2,4-5,8,12,14H,3,6-7,9H2,1H3,(H,15,16). The first kappa shape index (κ1) is 11.9. The van der Waals surface area contributed by atoms with Crippen LogP contribution in [0.5, 0.6) is 5.75 Å². The van der Waals surface area contributed by atoms with Crippen molar-refractivity contribution in [2.75, 3.05) is 13.7 Å². The van der Waals surface area contributed by atoms with Crippen LogP contribution < -0.4 is 15.4 Å². The Morgan fingerprint density at radius 1 is 1.59 bits per heavy atom. The molecule has 17 heavy (non-hydrogen) atoms. The van der Waals surface area contributed by atoms with E-state index < -0.39 is 0 Å². The molecule has 4 nitrogen and oxygen atoms in total. The predicted octanol–water partition coefficient (Wildman–Crippen LogP) is 1.06. The number of rotatable bonds is 4. The summed E-state index contributed by atoms with van der Waals surface area (Å²) in [7, 11) is 1.64. The molecule has 1 atom stereocenters. The fourth-order valence-corrected chi connectivity index (χ4v) is 2.00. The fraction of sp³-hybridized carbons (Fsp3) is 0.462. The zero-order valence-electron chi connectivity index (χ0n) is 10.0. The normalized spacial score (nSPS) is 19.0. The molecule has 1 aromatic carbocycles. The van der Waals surface area contributed by atoms with E-state index in [1.54, 1.807) is 7.11 Å². The van der Waals surface area contributed by atoms with Crippen molar-refractivity contribution in [2.45, 2.75) is 25.4 Å². The molecule has 0 spiro atoms. The smallest absolute Gasteiger partial charge is 0.237 e. The number of hydrogen-bond donors (Lipinski definition) is 2. The molecular weight excluding hydrogens is 216 g/mol. The molecule has 0 bridgehead atoms. The first-order chi connectivity index (χ1) is 8.29. The van der Waals surface area contributed by atoms with Gasteiger partial charge in [0.1, 0.15) is 5.75 Å². The van der Waals surface area contributed by atoms with Crippen molar-refractivity contribution in [3.8, 4) is 5.75 Å². The molecule has 2 rings (SSSR count). The van der Waals surface area contributed by atoms with E-state index >= 15 is 0 Å². The summed E-state index contributed by atoms with van der Waals surface area (Å²) in [5, 5.41) is 6.11. The number of methoxy groups -OCH3 is 1. The van der Waals surface area contributed by atoms with E-state index in [4.69, 9.17) is 4.74 Å². The van der Waals surface area contributed by atoms with Crippen LogP contribution in [0.15, 0.2) is 24.3 Å². The van der Waals surface area contributed by atoms with Gasteiger partial charge in [0.25, 0.3) is 0 Å². The van der Waals surface area contributed by atoms with Crippen LogP contribution in [0.2, 0.25) is 0 Å². The maximum atomic E-state index is 11.8. The zero-order chi connectivity index (χ0) is 12.1. The van der Waals surface area contributed by atoms with Crippen LogP contribution in [0.1, 0.15) is 18.4 Å². The molecule has 0 saturated carbocycles. The van der Waals surface area contributed by atoms with Crippen LogP contribution in [0.4, 0.5) is 0 Å². The van der Waals surface area contributed by atoms with E-state index in [0.29, 0.717) is 6.54 Å². The van der Waals surface area contributed by atoms with Crippen molar-refractivity contribution in [1.82, 2.24) is 10.6 Å². The number of amides is 1. The van der Waals surface area contributed by atoms with E-state index in [0.717, 1.165) is 30.7 Å². The Balaban J connectivity index is 1.86. The number of carbonyl (C=O) groups is 1. The highest BCUT2D eigenvalue weighted by Crippen LogP contribution is 2.12. The summed E-state index contributed by atoms with van der Waals surface area (Å²) in [4.78, 5) is 11.8. The summed E-state index contributed by atoms with van der Waals surface area (Å²) >= 11 is 0. The van der Waals surface area contributed by atoms with Gasteiger partial charge in [0, 0.05) is 6.54 Å². The fourth-order valence-electron chi connectivity index (χ4n) is 2.00. The van der Waals surface area contributed by atoms with Crippen LogP contribution in [0, 0.1) is 0 Å². The van der Waals surface area contributed by atoms with Crippen molar-refractivity contribution in [1.29, 1.82) is 0 Å².